The van der Waals surface area contributed by atoms with Crippen LogP contribution in [0.4, 0.5) is 0 Å². The lowest BCUT2D eigenvalue weighted by atomic mass is 10.1. The molecule has 18 heavy (non-hydrogen) atoms. The lowest BCUT2D eigenvalue weighted by Gasteiger charge is -2.02. The van der Waals surface area contributed by atoms with E-state index in [9.17, 15) is 14.4 Å². The normalized spacial score (nSPS) is 9.28. The highest BCUT2D eigenvalue weighted by atomic mass is 16.4. The zero-order chi connectivity index (χ0) is 14.0. The molecule has 1 aromatic rings. The first-order chi connectivity index (χ1) is 8.58. The Kier molecular flexibility index (Phi) is 8.10. The number of aliphatic carboxylic acids is 1. The van der Waals surface area contributed by atoms with Crippen molar-refractivity contribution in [2.75, 3.05) is 0 Å². The quantitative estimate of drug-likeness (QED) is 0.815. The summed E-state index contributed by atoms with van der Waals surface area (Å²) < 4.78 is 0. The Labute approximate surface area is 107 Å². The molecule has 0 saturated heterocycles. The molecule has 0 aliphatic carbocycles. The maximum atomic E-state index is 10.2. The van der Waals surface area contributed by atoms with Gasteiger partial charge < -0.3 is 5.11 Å². The van der Waals surface area contributed by atoms with Crippen molar-refractivity contribution in [2.24, 2.45) is 5.92 Å². The summed E-state index contributed by atoms with van der Waals surface area (Å²) >= 11 is 0. The Hall–Kier alpha value is -1.97. The van der Waals surface area contributed by atoms with Gasteiger partial charge in [-0.3, -0.25) is 14.4 Å². The molecule has 98 valence electrons. The van der Waals surface area contributed by atoms with Gasteiger partial charge in [0, 0.05) is 11.1 Å². The average Bonchev–Trinajstić information content (AvgIpc) is 2.40. The summed E-state index contributed by atoms with van der Waals surface area (Å²) in [6, 6.07) is 6.43. The molecule has 0 bridgehead atoms. The maximum Gasteiger partial charge on any atom is 0.306 e. The van der Waals surface area contributed by atoms with E-state index in [1.54, 1.807) is 24.3 Å². The summed E-state index contributed by atoms with van der Waals surface area (Å²) in [7, 11) is 0. The largest absolute Gasteiger partial charge is 0.481 e. The Morgan fingerprint density at radius 2 is 1.39 bits per heavy atom. The van der Waals surface area contributed by atoms with Gasteiger partial charge in [0.15, 0.2) is 0 Å². The molecule has 0 aliphatic heterocycles. The molecule has 0 atom stereocenters. The number of carboxylic acid groups (broad SMARTS) is 1. The van der Waals surface area contributed by atoms with Gasteiger partial charge in [0.2, 0.25) is 0 Å². The van der Waals surface area contributed by atoms with Crippen molar-refractivity contribution in [1.82, 2.24) is 0 Å². The summed E-state index contributed by atoms with van der Waals surface area (Å²) in [5.74, 6) is -0.801. The van der Waals surface area contributed by atoms with Gasteiger partial charge >= 0.3 is 5.97 Å². The van der Waals surface area contributed by atoms with Gasteiger partial charge in [0.1, 0.15) is 12.6 Å². The topological polar surface area (TPSA) is 71.4 Å². The number of rotatable bonds is 5. The predicted octanol–water partition coefficient (Wildman–Crippen LogP) is 2.82. The second-order valence-electron chi connectivity index (χ2n) is 3.75. The van der Waals surface area contributed by atoms with E-state index in [-0.39, 0.29) is 5.92 Å². The van der Waals surface area contributed by atoms with E-state index in [0.717, 1.165) is 25.4 Å². The molecule has 4 nitrogen and oxygen atoms in total. The third-order valence-electron chi connectivity index (χ3n) is 2.54. The van der Waals surface area contributed by atoms with Crippen molar-refractivity contribution in [3.63, 3.8) is 0 Å². The number of carbonyl (C=O) groups excluding carboxylic acids is 2. The lowest BCUT2D eigenvalue weighted by Crippen LogP contribution is -2.10. The van der Waals surface area contributed by atoms with Gasteiger partial charge in [-0.05, 0) is 12.8 Å². The molecule has 0 aromatic heterocycles. The number of carbonyl (C=O) groups is 3. The van der Waals surface area contributed by atoms with Crippen molar-refractivity contribution in [2.45, 2.75) is 26.7 Å². The summed E-state index contributed by atoms with van der Waals surface area (Å²) in [6.07, 6.45) is 2.97. The van der Waals surface area contributed by atoms with Gasteiger partial charge in [-0.25, -0.2) is 0 Å². The van der Waals surface area contributed by atoms with Crippen LogP contribution >= 0.6 is 0 Å². The highest BCUT2D eigenvalue weighted by molar-refractivity contribution is 5.79. The van der Waals surface area contributed by atoms with Crippen LogP contribution in [-0.2, 0) is 4.79 Å². The number of carboxylic acids is 1. The number of hydrogen-bond acceptors (Lipinski definition) is 3. The highest BCUT2D eigenvalue weighted by Gasteiger charge is 2.10. The third kappa shape index (κ3) is 5.94. The number of benzene rings is 1. The number of aldehydes is 2. The molecule has 0 spiro atoms. The molecule has 0 aliphatic rings. The Bertz CT molecular complexity index is 350. The van der Waals surface area contributed by atoms with E-state index in [0.29, 0.717) is 11.1 Å². The second kappa shape index (κ2) is 9.10. The van der Waals surface area contributed by atoms with Crippen molar-refractivity contribution in [1.29, 1.82) is 0 Å². The zero-order valence-corrected chi connectivity index (χ0v) is 10.6. The predicted molar refractivity (Wildman–Crippen MR) is 68.9 cm³/mol. The van der Waals surface area contributed by atoms with Gasteiger partial charge in [-0.1, -0.05) is 38.1 Å². The lowest BCUT2D eigenvalue weighted by molar-refractivity contribution is -0.141. The van der Waals surface area contributed by atoms with Gasteiger partial charge in [0.05, 0.1) is 5.92 Å². The minimum Gasteiger partial charge on any atom is -0.481 e. The molecular weight excluding hydrogens is 232 g/mol. The molecule has 0 radical (unpaired) electrons. The molecule has 1 N–H and O–H groups in total. The fourth-order valence-corrected chi connectivity index (χ4v) is 1.29. The first-order valence-corrected chi connectivity index (χ1v) is 5.82. The van der Waals surface area contributed by atoms with Crippen molar-refractivity contribution in [3.8, 4) is 0 Å². The first kappa shape index (κ1) is 16.0. The molecule has 0 unspecified atom stereocenters. The smallest absolute Gasteiger partial charge is 0.306 e. The van der Waals surface area contributed by atoms with E-state index in [4.69, 9.17) is 5.11 Å². The standard InChI is InChI=1S/C8H6O2.C6H12O2/c9-5-7-1-2-8(6-10)4-3-7;1-3-5(4-2)6(7)8/h1-6H;5H,3-4H2,1-2H3,(H,7,8). The molecule has 1 rings (SSSR count). The van der Waals surface area contributed by atoms with Crippen LogP contribution in [0.2, 0.25) is 0 Å². The molecular formula is C14H18O4. The van der Waals surface area contributed by atoms with Gasteiger partial charge in [0.25, 0.3) is 0 Å². The fourth-order valence-electron chi connectivity index (χ4n) is 1.29. The molecule has 0 fully saturated rings. The minimum atomic E-state index is -0.671. The molecule has 1 aromatic carbocycles. The summed E-state index contributed by atoms with van der Waals surface area (Å²) in [5, 5.41) is 8.37. The molecule has 4 heteroatoms. The SMILES string of the molecule is CCC(CC)C(=O)O.O=Cc1ccc(C=O)cc1. The Morgan fingerprint density at radius 1 is 1.06 bits per heavy atom. The van der Waals surface area contributed by atoms with Crippen LogP contribution in [0.15, 0.2) is 24.3 Å². The Balaban J connectivity index is 0.000000331. The number of hydrogen-bond donors (Lipinski definition) is 1. The zero-order valence-electron chi connectivity index (χ0n) is 10.6. The maximum absolute atomic E-state index is 10.2. The summed E-state index contributed by atoms with van der Waals surface area (Å²) in [4.78, 5) is 30.4. The highest BCUT2D eigenvalue weighted by Crippen LogP contribution is 2.05. The van der Waals surface area contributed by atoms with E-state index < -0.39 is 5.97 Å². The molecule has 0 heterocycles. The van der Waals surface area contributed by atoms with E-state index in [2.05, 4.69) is 0 Å². The van der Waals surface area contributed by atoms with Crippen LogP contribution in [0.3, 0.4) is 0 Å². The molecule has 0 amide bonds. The van der Waals surface area contributed by atoms with E-state index in [1.807, 2.05) is 13.8 Å². The van der Waals surface area contributed by atoms with Crippen molar-refractivity contribution in [3.05, 3.63) is 35.4 Å². The van der Waals surface area contributed by atoms with Crippen LogP contribution in [0.25, 0.3) is 0 Å². The first-order valence-electron chi connectivity index (χ1n) is 5.82. The second-order valence-corrected chi connectivity index (χ2v) is 3.75. The van der Waals surface area contributed by atoms with Crippen molar-refractivity contribution >= 4 is 18.5 Å². The van der Waals surface area contributed by atoms with Crippen LogP contribution in [-0.4, -0.2) is 23.6 Å². The Morgan fingerprint density at radius 3 is 1.50 bits per heavy atom. The third-order valence-corrected chi connectivity index (χ3v) is 2.54. The van der Waals surface area contributed by atoms with Crippen LogP contribution < -0.4 is 0 Å². The fraction of sp³-hybridized carbons (Fsp3) is 0.357. The van der Waals surface area contributed by atoms with Crippen LogP contribution in [0.1, 0.15) is 47.4 Å². The van der Waals surface area contributed by atoms with E-state index >= 15 is 0 Å². The van der Waals surface area contributed by atoms with Gasteiger partial charge in [-0.15, -0.1) is 0 Å². The minimum absolute atomic E-state index is 0.130. The van der Waals surface area contributed by atoms with Crippen molar-refractivity contribution < 1.29 is 19.5 Å². The molecule has 0 saturated carbocycles. The summed E-state index contributed by atoms with van der Waals surface area (Å²) in [5.41, 5.74) is 1.18. The van der Waals surface area contributed by atoms with Crippen LogP contribution in [0, 0.1) is 5.92 Å². The average molecular weight is 250 g/mol. The van der Waals surface area contributed by atoms with Crippen LogP contribution in [0.5, 0.6) is 0 Å². The summed E-state index contributed by atoms with van der Waals surface area (Å²) in [6.45, 7) is 3.78. The van der Waals surface area contributed by atoms with E-state index in [1.165, 1.54) is 0 Å². The van der Waals surface area contributed by atoms with Gasteiger partial charge in [-0.2, -0.15) is 0 Å². The monoisotopic (exact) mass is 250 g/mol.